The monoisotopic (exact) mass is 807 g/mol. The fourth-order valence-corrected chi connectivity index (χ4v) is 10.4. The second kappa shape index (κ2) is 15.1. The van der Waals surface area contributed by atoms with E-state index in [2.05, 4.69) is 17.0 Å². The number of pyridine rings is 1. The number of aromatic nitrogens is 1. The Bertz CT molecular complexity index is 2080. The van der Waals surface area contributed by atoms with E-state index in [-0.39, 0.29) is 31.2 Å². The summed E-state index contributed by atoms with van der Waals surface area (Å²) in [6.07, 6.45) is 7.06. The molecule has 3 aliphatic heterocycles. The van der Waals surface area contributed by atoms with E-state index < -0.39 is 73.8 Å². The van der Waals surface area contributed by atoms with Crippen LogP contribution >= 0.6 is 0 Å². The highest BCUT2D eigenvalue weighted by molar-refractivity contribution is 7.91. The first-order chi connectivity index (χ1) is 26.9. The second-order valence-electron chi connectivity index (χ2n) is 18.1. The number of carbonyl (C=O) groups is 4. The molecule has 0 bridgehead atoms. The van der Waals surface area contributed by atoms with E-state index in [4.69, 9.17) is 14.5 Å². The van der Waals surface area contributed by atoms with Gasteiger partial charge in [0.05, 0.1) is 17.9 Å². The van der Waals surface area contributed by atoms with E-state index in [1.807, 2.05) is 43.3 Å². The summed E-state index contributed by atoms with van der Waals surface area (Å²) in [5, 5.41) is 15.4. The average molecular weight is 808 g/mol. The van der Waals surface area contributed by atoms with Gasteiger partial charge < -0.3 is 24.8 Å². The predicted molar refractivity (Wildman–Crippen MR) is 213 cm³/mol. The van der Waals surface area contributed by atoms with E-state index in [0.717, 1.165) is 35.6 Å². The van der Waals surface area contributed by atoms with Crippen LogP contribution in [-0.4, -0.2) is 99.3 Å². The minimum atomic E-state index is -4.02. The van der Waals surface area contributed by atoms with Gasteiger partial charge in [0.25, 0.3) is 5.91 Å². The molecule has 4 heterocycles. The molecule has 1 saturated heterocycles. The highest BCUT2D eigenvalue weighted by Crippen LogP contribution is 2.48. The van der Waals surface area contributed by atoms with Crippen molar-refractivity contribution < 1.29 is 42.2 Å². The Labute approximate surface area is 335 Å². The van der Waals surface area contributed by atoms with E-state index in [1.165, 1.54) is 9.80 Å². The summed E-state index contributed by atoms with van der Waals surface area (Å²) in [6, 6.07) is 5.43. The number of carboxylic acid groups (broad SMARTS) is 1. The molecule has 0 unspecified atom stereocenters. The lowest BCUT2D eigenvalue weighted by molar-refractivity contribution is -0.146. The van der Waals surface area contributed by atoms with Crippen LogP contribution in [0.4, 0.5) is 4.79 Å². The zero-order chi connectivity index (χ0) is 41.1. The van der Waals surface area contributed by atoms with Crippen molar-refractivity contribution in [2.24, 2.45) is 17.8 Å². The van der Waals surface area contributed by atoms with Crippen molar-refractivity contribution in [3.8, 4) is 11.8 Å². The van der Waals surface area contributed by atoms with Crippen LogP contribution in [-0.2, 0) is 30.8 Å². The van der Waals surface area contributed by atoms with Gasteiger partial charge in [-0.2, -0.15) is 4.98 Å². The summed E-state index contributed by atoms with van der Waals surface area (Å²) in [7, 11) is -4.02. The average Bonchev–Trinajstić information content (AvgIpc) is 4.03. The lowest BCUT2D eigenvalue weighted by atomic mass is 9.82. The van der Waals surface area contributed by atoms with Crippen LogP contribution in [0.3, 0.4) is 0 Å². The highest BCUT2D eigenvalue weighted by atomic mass is 32.2. The molecule has 0 radical (unpaired) electrons. The third-order valence-electron chi connectivity index (χ3n) is 12.8. The predicted octanol–water partition coefficient (Wildman–Crippen LogP) is 5.33. The van der Waals surface area contributed by atoms with Crippen molar-refractivity contribution in [3.05, 3.63) is 42.0 Å². The molecule has 5 aliphatic rings. The lowest BCUT2D eigenvalue weighted by Gasteiger charge is -2.44. The Kier molecular flexibility index (Phi) is 10.8. The SMILES string of the molecule is CC[C@@H]1C[C@@H](C)CCC=C[C@@H]2C[C@@]2(C(=O)NS(=O)(=O)C2(C)CC2)NC(=O)[C@@H]2C[C@@H](Oc3nc4c(c5ccccc35)CCCO4)CN2C(=O)[C@H]1N(C(=O)O)C(C)(C)C. The van der Waals surface area contributed by atoms with Gasteiger partial charge in [-0.15, -0.1) is 0 Å². The normalized spacial score (nSPS) is 30.0. The van der Waals surface area contributed by atoms with Gasteiger partial charge in [-0.3, -0.25) is 24.0 Å². The molecule has 2 aliphatic carbocycles. The number of nitrogens with zero attached hydrogens (tertiary/aromatic N) is 3. The summed E-state index contributed by atoms with van der Waals surface area (Å²) in [6.45, 7) is 11.4. The smallest absolute Gasteiger partial charge is 0.408 e. The number of carbonyl (C=O) groups excluding carboxylic acids is 3. The Balaban J connectivity index is 1.29. The third kappa shape index (κ3) is 7.80. The number of sulfonamides is 1. The number of hydrogen-bond acceptors (Lipinski definition) is 9. The summed E-state index contributed by atoms with van der Waals surface area (Å²) >= 11 is 0. The summed E-state index contributed by atoms with van der Waals surface area (Å²) in [4.78, 5) is 64.6. The standard InChI is InChI=1S/C42H57N5O9S/c1-7-26-21-25(2)13-8-9-14-27-23-42(27,38(50)45-57(53,54)41(6)18-19-41)44-34(48)32-22-28(24-46(32)37(49)33(26)47(39(51)52)40(3,4)5)56-36-31-16-11-10-15-29(31)30-17-12-20-55-35(30)43-36/h9-11,14-16,25-28,32-33H,7-8,12-13,17-24H2,1-6H3,(H,44,48)(H,45,50)(H,51,52)/t25-,26+,27+,28+,32-,33-,42+/m0/s1. The highest BCUT2D eigenvalue weighted by Gasteiger charge is 2.63. The van der Waals surface area contributed by atoms with Crippen LogP contribution in [0.15, 0.2) is 36.4 Å². The van der Waals surface area contributed by atoms with Crippen LogP contribution in [0.5, 0.6) is 11.8 Å². The molecule has 1 aromatic carbocycles. The maximum absolute atomic E-state index is 15.3. The summed E-state index contributed by atoms with van der Waals surface area (Å²) in [5.74, 6) is -1.92. The molecule has 4 amide bonds. The van der Waals surface area contributed by atoms with Gasteiger partial charge in [-0.25, -0.2) is 13.2 Å². The number of hydrogen-bond donors (Lipinski definition) is 3. The molecule has 310 valence electrons. The van der Waals surface area contributed by atoms with E-state index in [0.29, 0.717) is 50.5 Å². The molecule has 2 aromatic rings. The molecule has 2 saturated carbocycles. The second-order valence-corrected chi connectivity index (χ2v) is 20.3. The van der Waals surface area contributed by atoms with Crippen molar-refractivity contribution >= 4 is 44.6 Å². The van der Waals surface area contributed by atoms with Crippen LogP contribution < -0.4 is 19.5 Å². The largest absolute Gasteiger partial charge is 0.477 e. The number of allylic oxidation sites excluding steroid dienone is 1. The topological polar surface area (TPSA) is 185 Å². The number of benzene rings is 1. The van der Waals surface area contributed by atoms with E-state index >= 15 is 4.79 Å². The molecule has 15 heteroatoms. The lowest BCUT2D eigenvalue weighted by Crippen LogP contribution is -2.62. The number of rotatable bonds is 7. The number of nitrogens with one attached hydrogen (secondary N) is 2. The number of aryl methyl sites for hydroxylation is 1. The van der Waals surface area contributed by atoms with E-state index in [1.54, 1.807) is 27.7 Å². The van der Waals surface area contributed by atoms with Gasteiger partial charge in [0.1, 0.15) is 23.7 Å². The third-order valence-corrected chi connectivity index (χ3v) is 15.0. The van der Waals surface area contributed by atoms with Crippen molar-refractivity contribution in [1.29, 1.82) is 0 Å². The minimum Gasteiger partial charge on any atom is -0.477 e. The molecule has 1 aromatic heterocycles. The molecule has 7 atom stereocenters. The fraction of sp³-hybridized carbons (Fsp3) is 0.643. The Hall–Kier alpha value is -4.40. The van der Waals surface area contributed by atoms with Crippen molar-refractivity contribution in [3.63, 3.8) is 0 Å². The van der Waals surface area contributed by atoms with Crippen LogP contribution in [0.25, 0.3) is 10.8 Å². The van der Waals surface area contributed by atoms with Gasteiger partial charge in [-0.05, 0) is 102 Å². The molecule has 7 rings (SSSR count). The van der Waals surface area contributed by atoms with E-state index in [9.17, 15) is 27.9 Å². The van der Waals surface area contributed by atoms with Crippen LogP contribution in [0.2, 0.25) is 0 Å². The van der Waals surface area contributed by atoms with Crippen LogP contribution in [0.1, 0.15) is 105 Å². The maximum atomic E-state index is 15.3. The van der Waals surface area contributed by atoms with Gasteiger partial charge in [0, 0.05) is 28.8 Å². The molecule has 3 N–H and O–H groups in total. The van der Waals surface area contributed by atoms with Gasteiger partial charge in [0.15, 0.2) is 0 Å². The molecule has 0 spiro atoms. The maximum Gasteiger partial charge on any atom is 0.408 e. The summed E-state index contributed by atoms with van der Waals surface area (Å²) < 4.78 is 40.3. The first-order valence-corrected chi connectivity index (χ1v) is 22.0. The first-order valence-electron chi connectivity index (χ1n) is 20.5. The zero-order valence-electron chi connectivity index (χ0n) is 33.9. The van der Waals surface area contributed by atoms with Gasteiger partial charge >= 0.3 is 6.09 Å². The Morgan fingerprint density at radius 3 is 2.54 bits per heavy atom. The van der Waals surface area contributed by atoms with Crippen molar-refractivity contribution in [2.75, 3.05) is 13.2 Å². The molecule has 57 heavy (non-hydrogen) atoms. The Morgan fingerprint density at radius 1 is 1.16 bits per heavy atom. The Morgan fingerprint density at radius 2 is 1.88 bits per heavy atom. The van der Waals surface area contributed by atoms with Crippen molar-refractivity contribution in [1.82, 2.24) is 24.8 Å². The quantitative estimate of drug-likeness (QED) is 0.309. The molecule has 3 fully saturated rings. The number of ether oxygens (including phenoxy) is 2. The first kappa shape index (κ1) is 40.8. The fourth-order valence-electron chi connectivity index (χ4n) is 9.05. The molecule has 14 nitrogen and oxygen atoms in total. The number of fused-ring (bicyclic) bond motifs is 5. The molecular formula is C42H57N5O9S. The molecular weight excluding hydrogens is 751 g/mol. The van der Waals surface area contributed by atoms with Crippen LogP contribution in [0, 0.1) is 17.8 Å². The zero-order valence-corrected chi connectivity index (χ0v) is 34.7. The minimum absolute atomic E-state index is 0.0165. The summed E-state index contributed by atoms with van der Waals surface area (Å²) in [5.41, 5.74) is -1.53. The van der Waals surface area contributed by atoms with Crippen molar-refractivity contribution in [2.45, 2.75) is 140 Å². The van der Waals surface area contributed by atoms with Gasteiger partial charge in [0.2, 0.25) is 33.6 Å². The number of amides is 4. The van der Waals surface area contributed by atoms with Gasteiger partial charge in [-0.1, -0.05) is 50.6 Å².